The molecule has 6 heteroatoms. The summed E-state index contributed by atoms with van der Waals surface area (Å²) < 4.78 is 14.9. The van der Waals surface area contributed by atoms with E-state index in [0.717, 1.165) is 16.8 Å². The van der Waals surface area contributed by atoms with Gasteiger partial charge in [-0.3, -0.25) is 4.68 Å². The molecule has 0 saturated heterocycles. The van der Waals surface area contributed by atoms with Crippen molar-refractivity contribution in [2.75, 3.05) is 5.32 Å². The van der Waals surface area contributed by atoms with Crippen LogP contribution in [0.5, 0.6) is 0 Å². The monoisotopic (exact) mass is 335 g/mol. The molecule has 0 bridgehead atoms. The van der Waals surface area contributed by atoms with Crippen molar-refractivity contribution in [3.63, 3.8) is 0 Å². The average Bonchev–Trinajstić information content (AvgIpc) is 2.99. The zero-order valence-corrected chi connectivity index (χ0v) is 14.1. The average molecular weight is 335 g/mol. The van der Waals surface area contributed by atoms with Gasteiger partial charge in [-0.1, -0.05) is 5.92 Å². The predicted molar refractivity (Wildman–Crippen MR) is 96.2 cm³/mol. The minimum atomic E-state index is -0.293. The number of nitrogens with one attached hydrogen (secondary N) is 1. The highest BCUT2D eigenvalue weighted by Crippen LogP contribution is 2.30. The highest BCUT2D eigenvalue weighted by molar-refractivity contribution is 5.78. The molecule has 0 spiro atoms. The number of rotatable bonds is 5. The van der Waals surface area contributed by atoms with Crippen molar-refractivity contribution in [3.05, 3.63) is 48.5 Å². The zero-order valence-electron chi connectivity index (χ0n) is 14.1. The van der Waals surface area contributed by atoms with Crippen molar-refractivity contribution in [1.29, 1.82) is 0 Å². The molecule has 0 radical (unpaired) electrons. The Hall–Kier alpha value is -3.20. The van der Waals surface area contributed by atoms with E-state index in [-0.39, 0.29) is 11.9 Å². The Labute approximate surface area is 145 Å². The highest BCUT2D eigenvalue weighted by atomic mass is 19.1. The maximum absolute atomic E-state index is 13.2. The maximum Gasteiger partial charge on any atom is 0.223 e. The van der Waals surface area contributed by atoms with Crippen LogP contribution < -0.4 is 5.32 Å². The molecule has 0 aliphatic carbocycles. The quantitative estimate of drug-likeness (QED) is 0.724. The Balaban J connectivity index is 2.08. The lowest BCUT2D eigenvalue weighted by Crippen LogP contribution is -2.12. The number of terminal acetylenes is 1. The lowest BCUT2D eigenvalue weighted by atomic mass is 10.1. The van der Waals surface area contributed by atoms with E-state index in [9.17, 15) is 4.39 Å². The van der Waals surface area contributed by atoms with Gasteiger partial charge in [0.15, 0.2) is 0 Å². The molecular formula is C19H18FN5. The molecule has 0 aliphatic heterocycles. The number of aromatic nitrogens is 4. The number of nitrogens with zero attached hydrogens (tertiary/aromatic N) is 4. The summed E-state index contributed by atoms with van der Waals surface area (Å²) in [7, 11) is 0. The molecule has 1 N–H and O–H groups in total. The Morgan fingerprint density at radius 3 is 2.68 bits per heavy atom. The summed E-state index contributed by atoms with van der Waals surface area (Å²) in [6.45, 7) is 4.38. The predicted octanol–water partition coefficient (Wildman–Crippen LogP) is 3.60. The normalized spacial score (nSPS) is 10.7. The first kappa shape index (κ1) is 16.7. The van der Waals surface area contributed by atoms with E-state index < -0.39 is 0 Å². The van der Waals surface area contributed by atoms with Crippen LogP contribution in [0.2, 0.25) is 0 Å². The molecule has 0 saturated carbocycles. The van der Waals surface area contributed by atoms with Gasteiger partial charge < -0.3 is 5.32 Å². The van der Waals surface area contributed by atoms with Crippen molar-refractivity contribution >= 4 is 5.95 Å². The summed E-state index contributed by atoms with van der Waals surface area (Å²) in [5.41, 5.74) is 3.03. The van der Waals surface area contributed by atoms with E-state index in [0.29, 0.717) is 18.2 Å². The number of hydrogen-bond acceptors (Lipinski definition) is 4. The van der Waals surface area contributed by atoms with E-state index in [1.807, 2.05) is 26.1 Å². The molecule has 0 fully saturated rings. The standard InChI is InChI=1S/C19H18FN5/c1-4-11-25-12-16(17-9-10-21-19(23-17)22-13(2)3)18(24-25)14-5-7-15(20)8-6-14/h1,5-10,12-13H,11H2,2-3H3,(H,21,22,23). The number of halogens is 1. The second-order valence-electron chi connectivity index (χ2n) is 5.86. The van der Waals surface area contributed by atoms with Crippen molar-refractivity contribution in [2.45, 2.75) is 26.4 Å². The molecule has 0 aliphatic rings. The van der Waals surface area contributed by atoms with Gasteiger partial charge in [0.25, 0.3) is 0 Å². The SMILES string of the molecule is C#CCn1cc(-c2ccnc(NC(C)C)n2)c(-c2ccc(F)cc2)n1. The summed E-state index contributed by atoms with van der Waals surface area (Å²) in [5, 5.41) is 7.72. The van der Waals surface area contributed by atoms with Crippen LogP contribution in [0.3, 0.4) is 0 Å². The fourth-order valence-corrected chi connectivity index (χ4v) is 2.44. The van der Waals surface area contributed by atoms with Gasteiger partial charge in [0.1, 0.15) is 18.1 Å². The van der Waals surface area contributed by atoms with Gasteiger partial charge in [-0.15, -0.1) is 6.42 Å². The summed E-state index contributed by atoms with van der Waals surface area (Å²) >= 11 is 0. The van der Waals surface area contributed by atoms with E-state index in [1.54, 1.807) is 23.0 Å². The fourth-order valence-electron chi connectivity index (χ4n) is 2.44. The van der Waals surface area contributed by atoms with Gasteiger partial charge in [-0.2, -0.15) is 5.10 Å². The second-order valence-corrected chi connectivity index (χ2v) is 5.86. The van der Waals surface area contributed by atoms with Crippen molar-refractivity contribution < 1.29 is 4.39 Å². The molecule has 0 amide bonds. The van der Waals surface area contributed by atoms with Crippen LogP contribution in [0, 0.1) is 18.2 Å². The fraction of sp³-hybridized carbons (Fsp3) is 0.211. The van der Waals surface area contributed by atoms with Gasteiger partial charge in [-0.05, 0) is 44.2 Å². The van der Waals surface area contributed by atoms with Crippen LogP contribution in [0.25, 0.3) is 22.5 Å². The van der Waals surface area contributed by atoms with Crippen LogP contribution >= 0.6 is 0 Å². The van der Waals surface area contributed by atoms with Gasteiger partial charge in [0.2, 0.25) is 5.95 Å². The summed E-state index contributed by atoms with van der Waals surface area (Å²) in [6, 6.07) is 8.23. The number of anilines is 1. The molecular weight excluding hydrogens is 317 g/mol. The van der Waals surface area contributed by atoms with E-state index in [1.165, 1.54) is 12.1 Å². The van der Waals surface area contributed by atoms with Crippen LogP contribution in [0.4, 0.5) is 10.3 Å². The molecule has 5 nitrogen and oxygen atoms in total. The van der Waals surface area contributed by atoms with Crippen LogP contribution in [0.15, 0.2) is 42.7 Å². The van der Waals surface area contributed by atoms with Crippen molar-refractivity contribution in [1.82, 2.24) is 19.7 Å². The third kappa shape index (κ3) is 3.83. The van der Waals surface area contributed by atoms with Gasteiger partial charge in [0, 0.05) is 29.6 Å². The Morgan fingerprint density at radius 2 is 2.00 bits per heavy atom. The van der Waals surface area contributed by atoms with Gasteiger partial charge in [-0.25, -0.2) is 14.4 Å². The lowest BCUT2D eigenvalue weighted by Gasteiger charge is -2.09. The third-order valence-corrected chi connectivity index (χ3v) is 3.48. The molecule has 1 aromatic carbocycles. The summed E-state index contributed by atoms with van der Waals surface area (Å²) in [6.07, 6.45) is 8.94. The first-order chi connectivity index (χ1) is 12.1. The van der Waals surface area contributed by atoms with E-state index >= 15 is 0 Å². The maximum atomic E-state index is 13.2. The van der Waals surface area contributed by atoms with Crippen LogP contribution in [-0.4, -0.2) is 25.8 Å². The topological polar surface area (TPSA) is 55.6 Å². The molecule has 25 heavy (non-hydrogen) atoms. The second kappa shape index (κ2) is 7.14. The number of benzene rings is 1. The number of hydrogen-bond donors (Lipinski definition) is 1. The summed E-state index contributed by atoms with van der Waals surface area (Å²) in [5.74, 6) is 2.82. The van der Waals surface area contributed by atoms with Gasteiger partial charge >= 0.3 is 0 Å². The third-order valence-electron chi connectivity index (χ3n) is 3.48. The van der Waals surface area contributed by atoms with Crippen molar-refractivity contribution in [2.24, 2.45) is 0 Å². The molecule has 3 rings (SSSR count). The highest BCUT2D eigenvalue weighted by Gasteiger charge is 2.15. The van der Waals surface area contributed by atoms with Gasteiger partial charge in [0.05, 0.1) is 5.69 Å². The molecule has 0 atom stereocenters. The Bertz CT molecular complexity index is 906. The van der Waals surface area contributed by atoms with E-state index in [4.69, 9.17) is 6.42 Å². The molecule has 2 heterocycles. The molecule has 0 unspecified atom stereocenters. The van der Waals surface area contributed by atoms with E-state index in [2.05, 4.69) is 26.3 Å². The lowest BCUT2D eigenvalue weighted by molar-refractivity contribution is 0.628. The Kier molecular flexibility index (Phi) is 4.75. The zero-order chi connectivity index (χ0) is 17.8. The van der Waals surface area contributed by atoms with Crippen LogP contribution in [0.1, 0.15) is 13.8 Å². The molecule has 126 valence electrons. The van der Waals surface area contributed by atoms with Crippen molar-refractivity contribution in [3.8, 4) is 34.9 Å². The molecule has 2 aromatic heterocycles. The Morgan fingerprint density at radius 1 is 1.24 bits per heavy atom. The first-order valence-electron chi connectivity index (χ1n) is 7.93. The van der Waals surface area contributed by atoms with Crippen LogP contribution in [-0.2, 0) is 6.54 Å². The minimum Gasteiger partial charge on any atom is -0.352 e. The molecule has 3 aromatic rings. The minimum absolute atomic E-state index is 0.219. The smallest absolute Gasteiger partial charge is 0.223 e. The largest absolute Gasteiger partial charge is 0.352 e. The summed E-state index contributed by atoms with van der Waals surface area (Å²) in [4.78, 5) is 8.79. The first-order valence-corrected chi connectivity index (χ1v) is 7.93.